The van der Waals surface area contributed by atoms with Crippen LogP contribution in [0.5, 0.6) is 0 Å². The van der Waals surface area contributed by atoms with Crippen LogP contribution in [0.15, 0.2) is 42.6 Å². The Hall–Kier alpha value is -3.43. The lowest BCUT2D eigenvalue weighted by Gasteiger charge is -2.18. The Balaban J connectivity index is 1.44. The number of rotatable bonds is 7. The van der Waals surface area contributed by atoms with Crippen LogP contribution in [0, 0.1) is 0 Å². The number of anilines is 2. The normalized spacial score (nSPS) is 15.5. The largest absolute Gasteiger partial charge is 0.349 e. The van der Waals surface area contributed by atoms with Crippen molar-refractivity contribution in [2.75, 3.05) is 11.9 Å². The Morgan fingerprint density at radius 2 is 2.03 bits per heavy atom. The van der Waals surface area contributed by atoms with E-state index in [0.717, 1.165) is 38.0 Å². The maximum absolute atomic E-state index is 14.4. The minimum absolute atomic E-state index is 0.205. The molecule has 1 aliphatic carbocycles. The quantitative estimate of drug-likeness (QED) is 0.430. The van der Waals surface area contributed by atoms with Crippen LogP contribution < -0.4 is 21.3 Å². The zero-order valence-corrected chi connectivity index (χ0v) is 19.4. The van der Waals surface area contributed by atoms with Gasteiger partial charge in [-0.3, -0.25) is 4.79 Å². The summed E-state index contributed by atoms with van der Waals surface area (Å²) >= 11 is 0. The van der Waals surface area contributed by atoms with E-state index in [4.69, 9.17) is 0 Å². The first-order valence-electron chi connectivity index (χ1n) is 11.6. The summed E-state index contributed by atoms with van der Waals surface area (Å²) in [6.45, 7) is 4.76. The van der Waals surface area contributed by atoms with Crippen LogP contribution in [-0.2, 0) is 18.6 Å². The van der Waals surface area contributed by atoms with E-state index in [2.05, 4.69) is 43.0 Å². The van der Waals surface area contributed by atoms with Crippen molar-refractivity contribution in [3.8, 4) is 0 Å². The third-order valence-electron chi connectivity index (χ3n) is 5.99. The van der Waals surface area contributed by atoms with E-state index in [9.17, 15) is 9.18 Å². The van der Waals surface area contributed by atoms with Gasteiger partial charge in [0.15, 0.2) is 0 Å². The molecule has 1 fully saturated rings. The van der Waals surface area contributed by atoms with Crippen molar-refractivity contribution in [1.29, 1.82) is 0 Å². The van der Waals surface area contributed by atoms with Gasteiger partial charge in [-0.15, -0.1) is 0 Å². The number of nitrogens with one attached hydrogen (secondary N) is 3. The molecule has 3 aromatic rings. The lowest BCUT2D eigenvalue weighted by molar-refractivity contribution is -0.487. The molecule has 176 valence electrons. The van der Waals surface area contributed by atoms with Crippen molar-refractivity contribution in [2.45, 2.75) is 51.4 Å². The van der Waals surface area contributed by atoms with Gasteiger partial charge < -0.3 is 16.0 Å². The van der Waals surface area contributed by atoms with Gasteiger partial charge >= 0.3 is 0 Å². The van der Waals surface area contributed by atoms with Gasteiger partial charge in [0.25, 0.3) is 5.91 Å². The summed E-state index contributed by atoms with van der Waals surface area (Å²) in [5.74, 6) is 1.11. The number of benzene rings is 1. The number of hydrogen-bond acceptors (Lipinski definition) is 6. The summed E-state index contributed by atoms with van der Waals surface area (Å²) in [6.07, 6.45) is 4.46. The Morgan fingerprint density at radius 3 is 2.82 bits per heavy atom. The van der Waals surface area contributed by atoms with Crippen molar-refractivity contribution in [3.63, 3.8) is 0 Å². The van der Waals surface area contributed by atoms with Gasteiger partial charge in [0.05, 0.1) is 11.9 Å². The van der Waals surface area contributed by atoms with Crippen LogP contribution in [0.2, 0.25) is 0 Å². The van der Waals surface area contributed by atoms with Crippen molar-refractivity contribution >= 4 is 29.2 Å². The Morgan fingerprint density at radius 1 is 1.18 bits per heavy atom. The summed E-state index contributed by atoms with van der Waals surface area (Å²) in [6, 6.07) is 11.6. The van der Waals surface area contributed by atoms with Crippen LogP contribution >= 0.6 is 0 Å². The van der Waals surface area contributed by atoms with E-state index >= 15 is 0 Å². The first-order chi connectivity index (χ1) is 16.3. The van der Waals surface area contributed by atoms with Gasteiger partial charge in [-0.05, 0) is 69.0 Å². The molecule has 1 amide bonds. The highest BCUT2D eigenvalue weighted by Crippen LogP contribution is 2.25. The van der Waals surface area contributed by atoms with Crippen molar-refractivity contribution in [3.05, 3.63) is 65.0 Å². The number of pyridine rings is 1. The van der Waals surface area contributed by atoms with Crippen LogP contribution in [-0.4, -0.2) is 33.4 Å². The summed E-state index contributed by atoms with van der Waals surface area (Å²) in [7, 11) is 0. The van der Waals surface area contributed by atoms with Gasteiger partial charge in [0, 0.05) is 24.3 Å². The first-order valence-corrected chi connectivity index (χ1v) is 11.6. The maximum atomic E-state index is 14.4. The number of nitrogens with zero attached hydrogens (tertiary/aromatic N) is 3. The topological polar surface area (TPSA) is 108 Å². The van der Waals surface area contributed by atoms with Crippen LogP contribution in [0.1, 0.15) is 53.9 Å². The molecule has 2 aromatic heterocycles. The molecule has 2 aliphatic rings. The molecule has 1 saturated carbocycles. The second-order valence-electron chi connectivity index (χ2n) is 9.34. The monoisotopic (exact) mass is 462 g/mol. The minimum Gasteiger partial charge on any atom is -0.349 e. The number of alkyl halides is 1. The molecule has 1 aromatic carbocycles. The Kier molecular flexibility index (Phi) is 5.97. The molecular formula is C25H29FN7O+. The SMILES string of the molecule is CC(C)(F)c1cccc([NH2+]c2nc(Nc3ccc4c(c3)CCNC4)ncc2C(=O)NC2CC2)n1. The summed E-state index contributed by atoms with van der Waals surface area (Å²) in [4.78, 5) is 26.3. The Bertz CT molecular complexity index is 1220. The number of aromatic nitrogens is 3. The smallest absolute Gasteiger partial charge is 0.260 e. The van der Waals surface area contributed by atoms with Crippen molar-refractivity contribution < 1.29 is 14.5 Å². The number of quaternary nitrogens is 1. The molecule has 0 unspecified atom stereocenters. The molecule has 34 heavy (non-hydrogen) atoms. The number of carbonyl (C=O) groups excluding carboxylic acids is 1. The van der Waals surface area contributed by atoms with Crippen LogP contribution in [0.4, 0.5) is 27.7 Å². The van der Waals surface area contributed by atoms with E-state index in [1.54, 1.807) is 23.5 Å². The third-order valence-corrected chi connectivity index (χ3v) is 5.99. The number of carbonyl (C=O) groups is 1. The van der Waals surface area contributed by atoms with Gasteiger partial charge in [0.2, 0.25) is 17.6 Å². The molecule has 1 aliphatic heterocycles. The average Bonchev–Trinajstić information content (AvgIpc) is 3.63. The molecule has 3 heterocycles. The fraction of sp³-hybridized carbons (Fsp3) is 0.360. The molecule has 5 N–H and O–H groups in total. The van der Waals surface area contributed by atoms with E-state index < -0.39 is 5.67 Å². The highest BCUT2D eigenvalue weighted by molar-refractivity contribution is 5.97. The van der Waals surface area contributed by atoms with Gasteiger partial charge in [-0.1, -0.05) is 12.1 Å². The second-order valence-corrected chi connectivity index (χ2v) is 9.34. The summed E-state index contributed by atoms with van der Waals surface area (Å²) < 4.78 is 14.4. The first kappa shape index (κ1) is 22.4. The second kappa shape index (κ2) is 9.08. The predicted molar refractivity (Wildman–Crippen MR) is 127 cm³/mol. The fourth-order valence-corrected chi connectivity index (χ4v) is 3.92. The van der Waals surface area contributed by atoms with E-state index in [1.807, 2.05) is 6.07 Å². The standard InChI is InChI=1S/C25H28FN7O/c1-25(2,26)20-4-3-5-21(31-20)32-22-19(23(34)29-17-8-9-17)14-28-24(33-22)30-18-7-6-16-13-27-11-10-15(16)12-18/h3-7,12,14,17,27H,8-11,13H2,1-2H3,(H,29,34)(H2,28,30,31,32,33)/p+1. The molecule has 0 radical (unpaired) electrons. The molecule has 0 bridgehead atoms. The van der Waals surface area contributed by atoms with Crippen molar-refractivity contribution in [1.82, 2.24) is 25.6 Å². The maximum Gasteiger partial charge on any atom is 0.260 e. The number of nitrogens with two attached hydrogens (primary N) is 1. The predicted octanol–water partition coefficient (Wildman–Crippen LogP) is 2.88. The van der Waals surface area contributed by atoms with Gasteiger partial charge in [-0.25, -0.2) is 14.7 Å². The molecule has 8 nitrogen and oxygen atoms in total. The highest BCUT2D eigenvalue weighted by atomic mass is 19.1. The number of hydrogen-bond donors (Lipinski definition) is 4. The van der Waals surface area contributed by atoms with Crippen LogP contribution in [0.3, 0.4) is 0 Å². The zero-order valence-electron chi connectivity index (χ0n) is 19.4. The average molecular weight is 463 g/mol. The molecule has 0 atom stereocenters. The zero-order chi connectivity index (χ0) is 23.7. The highest BCUT2D eigenvalue weighted by Gasteiger charge is 2.28. The molecule has 5 rings (SSSR count). The molecule has 9 heteroatoms. The molecule has 0 saturated heterocycles. The minimum atomic E-state index is -1.57. The summed E-state index contributed by atoms with van der Waals surface area (Å²) in [5, 5.41) is 11.3. The third kappa shape index (κ3) is 5.21. The van der Waals surface area contributed by atoms with E-state index in [-0.39, 0.29) is 11.9 Å². The van der Waals surface area contributed by atoms with Gasteiger partial charge in [-0.2, -0.15) is 9.97 Å². The van der Waals surface area contributed by atoms with Gasteiger partial charge in [0.1, 0.15) is 11.2 Å². The molecular weight excluding hydrogens is 433 g/mol. The number of amides is 1. The lowest BCUT2D eigenvalue weighted by atomic mass is 10.0. The van der Waals surface area contributed by atoms with E-state index in [1.165, 1.54) is 31.2 Å². The molecule has 0 spiro atoms. The summed E-state index contributed by atoms with van der Waals surface area (Å²) in [5.41, 5.74) is 2.59. The Labute approximate surface area is 197 Å². The number of halogens is 1. The van der Waals surface area contributed by atoms with Crippen molar-refractivity contribution in [2.24, 2.45) is 0 Å². The van der Waals surface area contributed by atoms with Crippen LogP contribution in [0.25, 0.3) is 0 Å². The number of fused-ring (bicyclic) bond motifs is 1. The lowest BCUT2D eigenvalue weighted by Crippen LogP contribution is -2.73. The van der Waals surface area contributed by atoms with E-state index in [0.29, 0.717) is 28.8 Å². The fourth-order valence-electron chi connectivity index (χ4n) is 3.92.